The van der Waals surface area contributed by atoms with Crippen LogP contribution in [0, 0.1) is 5.41 Å². The highest BCUT2D eigenvalue weighted by molar-refractivity contribution is 14.0. The molecule has 1 heterocycles. The molecule has 5 heteroatoms. The summed E-state index contributed by atoms with van der Waals surface area (Å²) >= 11 is 0. The lowest BCUT2D eigenvalue weighted by Gasteiger charge is -2.35. The van der Waals surface area contributed by atoms with E-state index in [-0.39, 0.29) is 29.4 Å². The van der Waals surface area contributed by atoms with Crippen LogP contribution in [-0.4, -0.2) is 49.1 Å². The van der Waals surface area contributed by atoms with Crippen LogP contribution in [0.25, 0.3) is 0 Å². The van der Waals surface area contributed by atoms with Crippen molar-refractivity contribution >= 4 is 29.9 Å². The minimum Gasteiger partial charge on any atom is -0.357 e. The molecule has 27 heavy (non-hydrogen) atoms. The highest BCUT2D eigenvalue weighted by Crippen LogP contribution is 2.22. The van der Waals surface area contributed by atoms with E-state index >= 15 is 0 Å². The van der Waals surface area contributed by atoms with Crippen LogP contribution in [0.1, 0.15) is 53.0 Å². The van der Waals surface area contributed by atoms with Gasteiger partial charge in [-0.05, 0) is 51.0 Å². The van der Waals surface area contributed by atoms with Gasteiger partial charge in [0.2, 0.25) is 0 Å². The predicted molar refractivity (Wildman–Crippen MR) is 128 cm³/mol. The summed E-state index contributed by atoms with van der Waals surface area (Å²) in [5, 5.41) is 7.09. The van der Waals surface area contributed by atoms with Crippen LogP contribution >= 0.6 is 24.0 Å². The average Bonchev–Trinajstić information content (AvgIpc) is 2.61. The summed E-state index contributed by atoms with van der Waals surface area (Å²) in [5.41, 5.74) is 1.52. The fraction of sp³-hybridized carbons (Fsp3) is 0.682. The quantitative estimate of drug-likeness (QED) is 0.343. The first-order chi connectivity index (χ1) is 12.4. The first-order valence-corrected chi connectivity index (χ1v) is 10.2. The first kappa shape index (κ1) is 24.2. The van der Waals surface area contributed by atoms with Gasteiger partial charge >= 0.3 is 0 Å². The smallest absolute Gasteiger partial charge is 0.191 e. The Hall–Kier alpha value is -0.820. The van der Waals surface area contributed by atoms with E-state index in [9.17, 15) is 0 Å². The zero-order valence-electron chi connectivity index (χ0n) is 17.8. The number of hydrogen-bond donors (Lipinski definition) is 2. The fourth-order valence-electron chi connectivity index (χ4n) is 3.57. The number of halogens is 1. The van der Waals surface area contributed by atoms with Crippen LogP contribution in [0.4, 0.5) is 0 Å². The third-order valence-electron chi connectivity index (χ3n) is 5.14. The minimum absolute atomic E-state index is 0. The molecule has 0 bridgehead atoms. The molecule has 2 N–H and O–H groups in total. The number of likely N-dealkylation sites (tertiary alicyclic amines) is 1. The van der Waals surface area contributed by atoms with Gasteiger partial charge in [0.25, 0.3) is 0 Å². The molecule has 154 valence electrons. The lowest BCUT2D eigenvalue weighted by atomic mass is 9.86. The van der Waals surface area contributed by atoms with Gasteiger partial charge in [0.05, 0.1) is 0 Å². The number of nitrogens with zero attached hydrogens (tertiary/aromatic N) is 2. The van der Waals surface area contributed by atoms with Gasteiger partial charge in [0.1, 0.15) is 0 Å². The summed E-state index contributed by atoms with van der Waals surface area (Å²) in [4.78, 5) is 7.47. The molecule has 0 radical (unpaired) electrons. The maximum absolute atomic E-state index is 4.91. The molecule has 0 aromatic heterocycles. The van der Waals surface area contributed by atoms with Crippen molar-refractivity contribution in [1.29, 1.82) is 0 Å². The van der Waals surface area contributed by atoms with E-state index in [4.69, 9.17) is 4.99 Å². The molecule has 0 unspecified atom stereocenters. The fourth-order valence-corrected chi connectivity index (χ4v) is 3.57. The molecule has 0 saturated carbocycles. The largest absolute Gasteiger partial charge is 0.357 e. The summed E-state index contributed by atoms with van der Waals surface area (Å²) in [5.74, 6) is 0.969. The SMILES string of the molecule is CCNC(=NCC(C)(C)Cc1ccccc1)NC1CCN(C(C)C)CC1.I. The van der Waals surface area contributed by atoms with E-state index in [1.807, 2.05) is 0 Å². The molecule has 4 nitrogen and oxygen atoms in total. The maximum Gasteiger partial charge on any atom is 0.191 e. The number of nitrogens with one attached hydrogen (secondary N) is 2. The third kappa shape index (κ3) is 8.81. The van der Waals surface area contributed by atoms with E-state index in [1.54, 1.807) is 0 Å². The van der Waals surface area contributed by atoms with Crippen molar-refractivity contribution in [2.75, 3.05) is 26.2 Å². The number of benzene rings is 1. The molecule has 0 amide bonds. The number of hydrogen-bond acceptors (Lipinski definition) is 2. The number of piperidine rings is 1. The molecule has 0 atom stereocenters. The molecule has 1 saturated heterocycles. The molecule has 1 aliphatic rings. The number of aliphatic imine (C=N–C) groups is 1. The average molecular weight is 486 g/mol. The molecule has 0 aliphatic carbocycles. The number of rotatable bonds is 7. The Morgan fingerprint density at radius 1 is 1.19 bits per heavy atom. The lowest BCUT2D eigenvalue weighted by Crippen LogP contribution is -2.50. The van der Waals surface area contributed by atoms with E-state index in [2.05, 4.69) is 80.5 Å². The van der Waals surface area contributed by atoms with Crippen molar-refractivity contribution in [2.24, 2.45) is 10.4 Å². The van der Waals surface area contributed by atoms with Crippen LogP contribution in [0.2, 0.25) is 0 Å². The van der Waals surface area contributed by atoms with Crippen LogP contribution in [0.5, 0.6) is 0 Å². The zero-order valence-corrected chi connectivity index (χ0v) is 20.1. The van der Waals surface area contributed by atoms with Gasteiger partial charge in [-0.3, -0.25) is 4.99 Å². The Bertz CT molecular complexity index is 549. The van der Waals surface area contributed by atoms with Crippen LogP contribution in [-0.2, 0) is 6.42 Å². The Morgan fingerprint density at radius 3 is 2.37 bits per heavy atom. The predicted octanol–water partition coefficient (Wildman–Crippen LogP) is 4.30. The van der Waals surface area contributed by atoms with Crippen LogP contribution in [0.3, 0.4) is 0 Å². The summed E-state index contributed by atoms with van der Waals surface area (Å²) in [6, 6.07) is 11.9. The van der Waals surface area contributed by atoms with Gasteiger partial charge in [0.15, 0.2) is 5.96 Å². The van der Waals surface area contributed by atoms with E-state index < -0.39 is 0 Å². The van der Waals surface area contributed by atoms with Gasteiger partial charge in [0, 0.05) is 38.3 Å². The van der Waals surface area contributed by atoms with Crippen molar-refractivity contribution in [3.8, 4) is 0 Å². The van der Waals surface area contributed by atoms with Crippen molar-refractivity contribution in [3.63, 3.8) is 0 Å². The minimum atomic E-state index is 0. The lowest BCUT2D eigenvalue weighted by molar-refractivity contribution is 0.167. The van der Waals surface area contributed by atoms with Gasteiger partial charge in [-0.1, -0.05) is 44.2 Å². The highest BCUT2D eigenvalue weighted by atomic mass is 127. The second-order valence-electron chi connectivity index (χ2n) is 8.57. The van der Waals surface area contributed by atoms with E-state index in [1.165, 1.54) is 31.5 Å². The Morgan fingerprint density at radius 2 is 1.81 bits per heavy atom. The first-order valence-electron chi connectivity index (χ1n) is 10.2. The van der Waals surface area contributed by atoms with Crippen molar-refractivity contribution in [3.05, 3.63) is 35.9 Å². The van der Waals surface area contributed by atoms with E-state index in [0.29, 0.717) is 12.1 Å². The summed E-state index contributed by atoms with van der Waals surface area (Å²) in [6.45, 7) is 15.4. The Kier molecular flexibility index (Phi) is 10.7. The molecule has 1 aromatic carbocycles. The second-order valence-corrected chi connectivity index (χ2v) is 8.57. The van der Waals surface area contributed by atoms with Crippen molar-refractivity contribution < 1.29 is 0 Å². The van der Waals surface area contributed by atoms with Crippen molar-refractivity contribution in [2.45, 2.75) is 66.0 Å². The van der Waals surface area contributed by atoms with Gasteiger partial charge < -0.3 is 15.5 Å². The summed E-state index contributed by atoms with van der Waals surface area (Å²) in [6.07, 6.45) is 3.43. The van der Waals surface area contributed by atoms with Gasteiger partial charge in [-0.15, -0.1) is 24.0 Å². The molecule has 1 aliphatic heterocycles. The Balaban J connectivity index is 0.00000364. The second kappa shape index (κ2) is 11.9. The maximum atomic E-state index is 4.91. The monoisotopic (exact) mass is 486 g/mol. The summed E-state index contributed by atoms with van der Waals surface area (Å²) < 4.78 is 0. The molecule has 1 fully saturated rings. The third-order valence-corrected chi connectivity index (χ3v) is 5.14. The normalized spacial score (nSPS) is 16.9. The molecule has 1 aromatic rings. The molecule has 2 rings (SSSR count). The van der Waals surface area contributed by atoms with Gasteiger partial charge in [-0.2, -0.15) is 0 Å². The topological polar surface area (TPSA) is 39.7 Å². The molecular weight excluding hydrogens is 447 g/mol. The van der Waals surface area contributed by atoms with Crippen molar-refractivity contribution in [1.82, 2.24) is 15.5 Å². The molecular formula is C22H39IN4. The number of guanidine groups is 1. The van der Waals surface area contributed by atoms with Crippen LogP contribution < -0.4 is 10.6 Å². The summed E-state index contributed by atoms with van der Waals surface area (Å²) in [7, 11) is 0. The Labute approximate surface area is 183 Å². The highest BCUT2D eigenvalue weighted by Gasteiger charge is 2.22. The standard InChI is InChI=1S/C22H38N4.HI/c1-6-23-21(25-20-12-14-26(15-13-20)18(2)3)24-17-22(4,5)16-19-10-8-7-9-11-19;/h7-11,18,20H,6,12-17H2,1-5H3,(H2,23,24,25);1H. The zero-order chi connectivity index (χ0) is 19.0. The van der Waals surface area contributed by atoms with E-state index in [0.717, 1.165) is 25.5 Å². The molecule has 0 spiro atoms. The van der Waals surface area contributed by atoms with Gasteiger partial charge in [-0.25, -0.2) is 0 Å². The van der Waals surface area contributed by atoms with Crippen LogP contribution in [0.15, 0.2) is 35.3 Å².